The topological polar surface area (TPSA) is 96.0 Å². The number of alkyl halides is 4. The number of methoxy groups -OCH3 is 1. The van der Waals surface area contributed by atoms with Crippen LogP contribution in [0.25, 0.3) is 0 Å². The van der Waals surface area contributed by atoms with Crippen LogP contribution in [0.15, 0.2) is 0 Å². The van der Waals surface area contributed by atoms with Crippen LogP contribution in [0.3, 0.4) is 0 Å². The molecule has 0 amide bonds. The van der Waals surface area contributed by atoms with Crippen LogP contribution in [-0.4, -0.2) is 53.1 Å². The maximum Gasteiger partial charge on any atom is 0.490 e. The molecule has 0 aromatic rings. The molecule has 0 heterocycles. The maximum atomic E-state index is 14.5. The summed E-state index contributed by atoms with van der Waals surface area (Å²) in [6.45, 7) is 9.49. The lowest BCUT2D eigenvalue weighted by Gasteiger charge is -2.65. The van der Waals surface area contributed by atoms with Gasteiger partial charge in [-0.15, -0.1) is 0 Å². The van der Waals surface area contributed by atoms with E-state index in [4.69, 9.17) is 14.2 Å². The van der Waals surface area contributed by atoms with E-state index in [1.807, 2.05) is 6.92 Å². The predicted octanol–water partition coefficient (Wildman–Crippen LogP) is 6.48. The van der Waals surface area contributed by atoms with Gasteiger partial charge in [-0.2, -0.15) is 13.2 Å². The Bertz CT molecular complexity index is 1080. The standard InChI is InChI=1S/C31H44F3IO7/c1-7-18-21-14-17(41-16(3)36)12-13-29(21,4)24-23(25(18)38)20-10-9-19(15(2)8-11-22(37)40-6)30(20,5)27(35)26(24)42-28(39)31(32,33)34/h15,17-21,23-24,26-27H,7-14H2,1-6H3/t15?,17-,18-,19-,20+,21+,23+,24-,26-,27?,29+,30-/m1/s1. The molecule has 12 atom stereocenters. The Labute approximate surface area is 259 Å². The van der Waals surface area contributed by atoms with Gasteiger partial charge in [-0.05, 0) is 79.4 Å². The van der Waals surface area contributed by atoms with Crippen molar-refractivity contribution in [3.63, 3.8) is 0 Å². The Morgan fingerprint density at radius 2 is 1.76 bits per heavy atom. The summed E-state index contributed by atoms with van der Waals surface area (Å²) in [5.74, 6) is -4.53. The predicted molar refractivity (Wildman–Crippen MR) is 155 cm³/mol. The molecule has 4 aliphatic rings. The van der Waals surface area contributed by atoms with Crippen LogP contribution in [0.5, 0.6) is 0 Å². The summed E-state index contributed by atoms with van der Waals surface area (Å²) in [6.07, 6.45) is -2.15. The molecule has 0 radical (unpaired) electrons. The van der Waals surface area contributed by atoms with Gasteiger partial charge in [0.2, 0.25) is 0 Å². The SMILES string of the molecule is CC[C@H]1C(=O)[C@@H]2[C@H]([C@@H](OC(=O)C(F)(F)F)C(I)[C@]3(C)[C@@H](C(C)CCC(=O)OC)CC[C@@H]23)[C@@]2(C)CC[C@@H](OC(C)=O)C[C@@H]12. The van der Waals surface area contributed by atoms with Gasteiger partial charge in [0, 0.05) is 31.1 Å². The molecule has 0 aromatic heterocycles. The van der Waals surface area contributed by atoms with Crippen molar-refractivity contribution < 1.29 is 46.6 Å². The van der Waals surface area contributed by atoms with Crippen LogP contribution >= 0.6 is 22.6 Å². The minimum absolute atomic E-state index is 0.0280. The molecule has 238 valence electrons. The van der Waals surface area contributed by atoms with Gasteiger partial charge in [0.1, 0.15) is 18.0 Å². The minimum Gasteiger partial charge on any atom is -0.469 e. The molecule has 4 rings (SSSR count). The van der Waals surface area contributed by atoms with Crippen molar-refractivity contribution in [1.82, 2.24) is 0 Å². The molecule has 7 nitrogen and oxygen atoms in total. The van der Waals surface area contributed by atoms with Crippen molar-refractivity contribution in [1.29, 1.82) is 0 Å². The van der Waals surface area contributed by atoms with Gasteiger partial charge in [0.15, 0.2) is 0 Å². The van der Waals surface area contributed by atoms with Crippen LogP contribution in [0.1, 0.15) is 86.0 Å². The van der Waals surface area contributed by atoms with E-state index in [9.17, 15) is 32.3 Å². The number of hydrogen-bond donors (Lipinski definition) is 0. The molecule has 0 bridgehead atoms. The monoisotopic (exact) mass is 712 g/mol. The normalized spacial score (nSPS) is 42.0. The molecule has 4 aliphatic carbocycles. The highest BCUT2D eigenvalue weighted by molar-refractivity contribution is 14.1. The molecule has 42 heavy (non-hydrogen) atoms. The highest BCUT2D eigenvalue weighted by Crippen LogP contribution is 2.70. The zero-order valence-electron chi connectivity index (χ0n) is 25.3. The van der Waals surface area contributed by atoms with E-state index in [0.29, 0.717) is 32.1 Å². The molecule has 0 N–H and O–H groups in total. The number of rotatable bonds is 7. The number of carbonyl (C=O) groups is 4. The molecule has 4 fully saturated rings. The largest absolute Gasteiger partial charge is 0.490 e. The fourth-order valence-electron chi connectivity index (χ4n) is 9.89. The molecule has 0 spiro atoms. The Morgan fingerprint density at radius 1 is 1.10 bits per heavy atom. The number of Topliss-reactive ketones (excluding diaryl/α,β-unsaturated/α-hetero) is 1. The fraction of sp³-hybridized carbons (Fsp3) is 0.871. The molecule has 0 aliphatic heterocycles. The van der Waals surface area contributed by atoms with Gasteiger partial charge in [-0.25, -0.2) is 4.79 Å². The second-order valence-corrected chi connectivity index (χ2v) is 14.9. The van der Waals surface area contributed by atoms with Crippen LogP contribution in [0.4, 0.5) is 13.2 Å². The van der Waals surface area contributed by atoms with Crippen molar-refractivity contribution in [3.05, 3.63) is 0 Å². The third kappa shape index (κ3) is 5.61. The maximum absolute atomic E-state index is 14.5. The van der Waals surface area contributed by atoms with Gasteiger partial charge in [-0.3, -0.25) is 14.4 Å². The number of halogens is 4. The smallest absolute Gasteiger partial charge is 0.469 e. The summed E-state index contributed by atoms with van der Waals surface area (Å²) >= 11 is 2.20. The lowest BCUT2D eigenvalue weighted by atomic mass is 9.41. The first-order chi connectivity index (χ1) is 19.5. The molecule has 2 unspecified atom stereocenters. The van der Waals surface area contributed by atoms with Crippen LogP contribution in [-0.2, 0) is 33.4 Å². The first-order valence-corrected chi connectivity index (χ1v) is 16.5. The average Bonchev–Trinajstić information content (AvgIpc) is 3.27. The molecule has 0 aromatic carbocycles. The summed E-state index contributed by atoms with van der Waals surface area (Å²) < 4.78 is 56.5. The van der Waals surface area contributed by atoms with E-state index >= 15 is 0 Å². The molecule has 0 saturated heterocycles. The second-order valence-electron chi connectivity index (χ2n) is 13.6. The van der Waals surface area contributed by atoms with E-state index in [1.54, 1.807) is 0 Å². The van der Waals surface area contributed by atoms with Crippen LogP contribution < -0.4 is 0 Å². The average molecular weight is 713 g/mol. The Morgan fingerprint density at radius 3 is 2.33 bits per heavy atom. The zero-order valence-corrected chi connectivity index (χ0v) is 27.5. The van der Waals surface area contributed by atoms with Gasteiger partial charge in [0.25, 0.3) is 0 Å². The van der Waals surface area contributed by atoms with Gasteiger partial charge in [-0.1, -0.05) is 50.3 Å². The van der Waals surface area contributed by atoms with E-state index in [-0.39, 0.29) is 53.9 Å². The lowest BCUT2D eigenvalue weighted by Crippen LogP contribution is -2.69. The second kappa shape index (κ2) is 12.2. The number of ether oxygens (including phenoxy) is 3. The molecule has 11 heteroatoms. The van der Waals surface area contributed by atoms with Crippen molar-refractivity contribution in [3.8, 4) is 0 Å². The van der Waals surface area contributed by atoms with Crippen LogP contribution in [0, 0.1) is 52.3 Å². The summed E-state index contributed by atoms with van der Waals surface area (Å²) in [4.78, 5) is 50.7. The Balaban J connectivity index is 1.79. The van der Waals surface area contributed by atoms with Gasteiger partial charge >= 0.3 is 24.1 Å². The van der Waals surface area contributed by atoms with E-state index in [0.717, 1.165) is 12.8 Å². The first-order valence-electron chi connectivity index (χ1n) is 15.2. The van der Waals surface area contributed by atoms with Crippen LogP contribution in [0.2, 0.25) is 0 Å². The lowest BCUT2D eigenvalue weighted by molar-refractivity contribution is -0.230. The van der Waals surface area contributed by atoms with E-state index in [1.165, 1.54) is 14.0 Å². The zero-order chi connectivity index (χ0) is 31.4. The number of carbonyl (C=O) groups excluding carboxylic acids is 4. The quantitative estimate of drug-likeness (QED) is 0.129. The highest BCUT2D eigenvalue weighted by atomic mass is 127. The Hall–Kier alpha value is -1.40. The third-order valence-corrected chi connectivity index (χ3v) is 13.8. The molecular weight excluding hydrogens is 668 g/mol. The summed E-state index contributed by atoms with van der Waals surface area (Å²) in [6, 6.07) is 0. The van der Waals surface area contributed by atoms with E-state index in [2.05, 4.69) is 43.4 Å². The van der Waals surface area contributed by atoms with Gasteiger partial charge < -0.3 is 14.2 Å². The van der Waals surface area contributed by atoms with Crippen molar-refractivity contribution in [2.75, 3.05) is 7.11 Å². The first kappa shape index (κ1) is 33.5. The number of hydrogen-bond acceptors (Lipinski definition) is 7. The number of esters is 3. The highest BCUT2D eigenvalue weighted by Gasteiger charge is 2.71. The third-order valence-electron chi connectivity index (χ3n) is 11.7. The number of ketones is 1. The fourth-order valence-corrected chi connectivity index (χ4v) is 11.4. The van der Waals surface area contributed by atoms with E-state index < -0.39 is 50.8 Å². The number of fused-ring (bicyclic) bond motifs is 5. The van der Waals surface area contributed by atoms with Crippen molar-refractivity contribution >= 4 is 46.3 Å². The minimum atomic E-state index is -5.16. The summed E-state index contributed by atoms with van der Waals surface area (Å²) in [5, 5.41) is 0. The molecule has 4 saturated carbocycles. The summed E-state index contributed by atoms with van der Waals surface area (Å²) in [5.41, 5.74) is -1.16. The van der Waals surface area contributed by atoms with Gasteiger partial charge in [0.05, 0.1) is 11.0 Å². The van der Waals surface area contributed by atoms with Crippen molar-refractivity contribution in [2.45, 2.75) is 108 Å². The van der Waals surface area contributed by atoms with Crippen molar-refractivity contribution in [2.24, 2.45) is 52.3 Å². The Kier molecular flexibility index (Phi) is 9.71. The summed E-state index contributed by atoms with van der Waals surface area (Å²) in [7, 11) is 1.34. The molecular formula is C31H44F3IO7.